The molecule has 1 heterocycles. The van der Waals surface area contributed by atoms with E-state index in [9.17, 15) is 10.1 Å². The van der Waals surface area contributed by atoms with Gasteiger partial charge in [-0.25, -0.2) is 0 Å². The Balaban J connectivity index is 1.95. The van der Waals surface area contributed by atoms with E-state index in [-0.39, 0.29) is 10.6 Å². The Labute approximate surface area is 166 Å². The van der Waals surface area contributed by atoms with E-state index in [1.807, 2.05) is 66.2 Å². The van der Waals surface area contributed by atoms with E-state index in [0.29, 0.717) is 5.56 Å². The van der Waals surface area contributed by atoms with Crippen molar-refractivity contribution >= 4 is 28.4 Å². The number of ether oxygens (including phenoxy) is 1. The topological polar surface area (TPSA) is 57.3 Å². The van der Waals surface area contributed by atoms with Gasteiger partial charge >= 0.3 is 0 Å². The van der Waals surface area contributed by atoms with Crippen LogP contribution in [0.3, 0.4) is 0 Å². The molecule has 140 valence electrons. The van der Waals surface area contributed by atoms with E-state index < -0.39 is 0 Å². The summed E-state index contributed by atoms with van der Waals surface area (Å²) < 4.78 is 7.27. The molecule has 0 radical (unpaired) electrons. The van der Waals surface area contributed by atoms with Gasteiger partial charge in [0.2, 0.25) is 0 Å². The number of aromatic nitrogens is 1. The van der Waals surface area contributed by atoms with Gasteiger partial charge in [-0.2, -0.15) is 0 Å². The highest BCUT2D eigenvalue weighted by Crippen LogP contribution is 2.45. The number of hydrogen-bond donors (Lipinski definition) is 0. The second-order valence-corrected chi connectivity index (χ2v) is 7.39. The molecule has 0 atom stereocenters. The van der Waals surface area contributed by atoms with Crippen LogP contribution in [0, 0.1) is 10.1 Å². The lowest BCUT2D eigenvalue weighted by Crippen LogP contribution is -1.97. The van der Waals surface area contributed by atoms with E-state index >= 15 is 0 Å². The fourth-order valence-corrected chi connectivity index (χ4v) is 4.49. The number of nitro benzene ring substituents is 1. The Morgan fingerprint density at radius 2 is 1.64 bits per heavy atom. The van der Waals surface area contributed by atoms with Crippen LogP contribution in [0.4, 0.5) is 5.69 Å². The molecule has 0 aliphatic rings. The number of aryl methyl sites for hydroxylation is 1. The highest BCUT2D eigenvalue weighted by atomic mass is 32.2. The number of nitrogens with zero attached hydrogens (tertiary/aromatic N) is 2. The van der Waals surface area contributed by atoms with E-state index in [2.05, 4.69) is 6.07 Å². The summed E-state index contributed by atoms with van der Waals surface area (Å²) in [5.41, 5.74) is 2.59. The molecule has 0 unspecified atom stereocenters. The molecule has 5 nitrogen and oxygen atoms in total. The van der Waals surface area contributed by atoms with Gasteiger partial charge in [0.05, 0.1) is 23.3 Å². The lowest BCUT2D eigenvalue weighted by Gasteiger charge is -2.09. The zero-order chi connectivity index (χ0) is 19.7. The van der Waals surface area contributed by atoms with Crippen molar-refractivity contribution in [1.82, 2.24) is 4.57 Å². The molecule has 0 aliphatic carbocycles. The number of nitro groups is 1. The molecule has 0 aliphatic heterocycles. The molecular weight excluding hydrogens is 372 g/mol. The first-order valence-corrected chi connectivity index (χ1v) is 9.55. The quantitative estimate of drug-likeness (QED) is 0.314. The molecule has 1 aromatic heterocycles. The van der Waals surface area contributed by atoms with Gasteiger partial charge < -0.3 is 9.30 Å². The van der Waals surface area contributed by atoms with Crippen LogP contribution in [-0.4, -0.2) is 16.6 Å². The molecule has 0 amide bonds. The fourth-order valence-electron chi connectivity index (χ4n) is 3.36. The largest absolute Gasteiger partial charge is 0.497 e. The number of hydrogen-bond acceptors (Lipinski definition) is 4. The van der Waals surface area contributed by atoms with E-state index in [1.54, 1.807) is 31.0 Å². The molecule has 0 bridgehead atoms. The SMILES string of the molecule is COc1ccc(Sc2c(-c3ccccc3[N+](=O)[O-])n(C)c3ccccc23)cc1. The molecule has 6 heteroatoms. The second kappa shape index (κ2) is 7.40. The Kier molecular flexibility index (Phi) is 4.79. The van der Waals surface area contributed by atoms with Crippen LogP contribution in [0.15, 0.2) is 82.6 Å². The second-order valence-electron chi connectivity index (χ2n) is 6.31. The van der Waals surface area contributed by atoms with Gasteiger partial charge in [-0.1, -0.05) is 42.1 Å². The number of fused-ring (bicyclic) bond motifs is 1. The van der Waals surface area contributed by atoms with Crippen LogP contribution < -0.4 is 4.74 Å². The maximum Gasteiger partial charge on any atom is 0.278 e. The molecular formula is C22H18N2O3S. The number of rotatable bonds is 5. The van der Waals surface area contributed by atoms with Gasteiger partial charge in [0.15, 0.2) is 0 Å². The minimum absolute atomic E-state index is 0.102. The first kappa shape index (κ1) is 18.1. The van der Waals surface area contributed by atoms with Crippen molar-refractivity contribution in [2.45, 2.75) is 9.79 Å². The predicted octanol–water partition coefficient (Wildman–Crippen LogP) is 5.91. The molecule has 0 N–H and O–H groups in total. The van der Waals surface area contributed by atoms with Gasteiger partial charge in [-0.15, -0.1) is 0 Å². The van der Waals surface area contributed by atoms with Crippen molar-refractivity contribution in [3.63, 3.8) is 0 Å². The minimum atomic E-state index is -0.325. The minimum Gasteiger partial charge on any atom is -0.497 e. The maximum atomic E-state index is 11.6. The molecule has 0 saturated carbocycles. The van der Waals surface area contributed by atoms with Gasteiger partial charge in [0.25, 0.3) is 5.69 Å². The number of para-hydroxylation sites is 2. The van der Waals surface area contributed by atoms with E-state index in [0.717, 1.165) is 32.1 Å². The first-order chi connectivity index (χ1) is 13.6. The van der Waals surface area contributed by atoms with Gasteiger partial charge in [0, 0.05) is 33.8 Å². The summed E-state index contributed by atoms with van der Waals surface area (Å²) in [6, 6.07) is 22.8. The van der Waals surface area contributed by atoms with Gasteiger partial charge in [0.1, 0.15) is 5.75 Å². The third kappa shape index (κ3) is 3.12. The zero-order valence-electron chi connectivity index (χ0n) is 15.5. The summed E-state index contributed by atoms with van der Waals surface area (Å²) in [4.78, 5) is 13.3. The Hall–Kier alpha value is -3.25. The summed E-state index contributed by atoms with van der Waals surface area (Å²) in [7, 11) is 3.59. The van der Waals surface area contributed by atoms with Crippen molar-refractivity contribution in [1.29, 1.82) is 0 Å². The highest BCUT2D eigenvalue weighted by molar-refractivity contribution is 7.99. The Morgan fingerprint density at radius 1 is 0.964 bits per heavy atom. The molecule has 0 saturated heterocycles. The normalized spacial score (nSPS) is 10.9. The summed E-state index contributed by atoms with van der Waals surface area (Å²) in [6.45, 7) is 0. The van der Waals surface area contributed by atoms with Crippen LogP contribution in [-0.2, 0) is 7.05 Å². The van der Waals surface area contributed by atoms with Crippen molar-refractivity contribution in [3.05, 3.63) is 82.9 Å². The van der Waals surface area contributed by atoms with E-state index in [4.69, 9.17) is 4.74 Å². The summed E-state index contributed by atoms with van der Waals surface area (Å²) >= 11 is 1.60. The standard InChI is InChI=1S/C22H18N2O3S/c1-23-19-9-5-4-8-18(19)22(28-16-13-11-15(27-2)12-14-16)21(23)17-7-3-6-10-20(17)24(25)26/h3-14H,1-2H3. The van der Waals surface area contributed by atoms with Gasteiger partial charge in [-0.3, -0.25) is 10.1 Å². The number of benzene rings is 3. The fraction of sp³-hybridized carbons (Fsp3) is 0.0909. The third-order valence-corrected chi connectivity index (χ3v) is 5.82. The zero-order valence-corrected chi connectivity index (χ0v) is 16.3. The van der Waals surface area contributed by atoms with Gasteiger partial charge in [-0.05, 0) is 36.4 Å². The van der Waals surface area contributed by atoms with Crippen molar-refractivity contribution in [3.8, 4) is 17.0 Å². The van der Waals surface area contributed by atoms with Crippen molar-refractivity contribution < 1.29 is 9.66 Å². The van der Waals surface area contributed by atoms with Crippen LogP contribution >= 0.6 is 11.8 Å². The molecule has 0 spiro atoms. The number of methoxy groups -OCH3 is 1. The first-order valence-electron chi connectivity index (χ1n) is 8.73. The average Bonchev–Trinajstić information content (AvgIpc) is 3.00. The monoisotopic (exact) mass is 390 g/mol. The Morgan fingerprint density at radius 3 is 2.36 bits per heavy atom. The molecule has 3 aromatic carbocycles. The van der Waals surface area contributed by atoms with E-state index in [1.165, 1.54) is 0 Å². The summed E-state index contributed by atoms with van der Waals surface area (Å²) in [5, 5.41) is 12.7. The predicted molar refractivity (Wildman–Crippen MR) is 112 cm³/mol. The third-order valence-electron chi connectivity index (χ3n) is 4.70. The average molecular weight is 390 g/mol. The Bertz CT molecular complexity index is 1170. The summed E-state index contributed by atoms with van der Waals surface area (Å²) in [5.74, 6) is 0.793. The van der Waals surface area contributed by atoms with Crippen LogP contribution in [0.2, 0.25) is 0 Å². The van der Waals surface area contributed by atoms with Crippen LogP contribution in [0.1, 0.15) is 0 Å². The lowest BCUT2D eigenvalue weighted by molar-refractivity contribution is -0.384. The van der Waals surface area contributed by atoms with Crippen LogP contribution in [0.5, 0.6) is 5.75 Å². The lowest BCUT2D eigenvalue weighted by atomic mass is 10.1. The van der Waals surface area contributed by atoms with Crippen molar-refractivity contribution in [2.75, 3.05) is 7.11 Å². The molecule has 28 heavy (non-hydrogen) atoms. The summed E-state index contributed by atoms with van der Waals surface area (Å²) in [6.07, 6.45) is 0. The maximum absolute atomic E-state index is 11.6. The smallest absolute Gasteiger partial charge is 0.278 e. The molecule has 4 rings (SSSR count). The molecule has 0 fully saturated rings. The van der Waals surface area contributed by atoms with Crippen molar-refractivity contribution in [2.24, 2.45) is 7.05 Å². The molecule has 4 aromatic rings. The van der Waals surface area contributed by atoms with Crippen LogP contribution in [0.25, 0.3) is 22.2 Å². The highest BCUT2D eigenvalue weighted by Gasteiger charge is 2.23.